The van der Waals surface area contributed by atoms with Crippen molar-refractivity contribution >= 4 is 11.6 Å². The maximum absolute atomic E-state index is 12.0. The van der Waals surface area contributed by atoms with E-state index in [2.05, 4.69) is 24.5 Å². The molecule has 1 amide bonds. The summed E-state index contributed by atoms with van der Waals surface area (Å²) in [6, 6.07) is 7.94. The summed E-state index contributed by atoms with van der Waals surface area (Å²) < 4.78 is 0. The Hall–Kier alpha value is -1.55. The first-order valence-electron chi connectivity index (χ1n) is 7.88. The summed E-state index contributed by atoms with van der Waals surface area (Å²) in [5, 5.41) is 16.0. The van der Waals surface area contributed by atoms with Gasteiger partial charge in [-0.2, -0.15) is 0 Å². The Balaban J connectivity index is 1.98. The molecule has 0 radical (unpaired) electrons. The summed E-state index contributed by atoms with van der Waals surface area (Å²) in [5.41, 5.74) is 1.53. The molecule has 0 atom stereocenters. The van der Waals surface area contributed by atoms with Crippen LogP contribution in [-0.2, 0) is 0 Å². The van der Waals surface area contributed by atoms with E-state index in [1.807, 2.05) is 24.3 Å². The van der Waals surface area contributed by atoms with Crippen LogP contribution in [0.25, 0.3) is 0 Å². The highest BCUT2D eigenvalue weighted by Crippen LogP contribution is 2.26. The second-order valence-corrected chi connectivity index (χ2v) is 6.05. The third kappa shape index (κ3) is 4.21. The molecule has 116 valence electrons. The number of hydrogen-bond donors (Lipinski definition) is 3. The molecule has 1 fully saturated rings. The molecule has 0 aliphatic heterocycles. The van der Waals surface area contributed by atoms with E-state index < -0.39 is 0 Å². The first-order valence-corrected chi connectivity index (χ1v) is 7.88. The Morgan fingerprint density at radius 2 is 2.05 bits per heavy atom. The molecule has 4 heteroatoms. The molecule has 0 heterocycles. The molecular formula is C17H26N2O2. The topological polar surface area (TPSA) is 61.4 Å². The van der Waals surface area contributed by atoms with Crippen molar-refractivity contribution in [1.29, 1.82) is 0 Å². The van der Waals surface area contributed by atoms with E-state index in [1.165, 1.54) is 0 Å². The number of carbonyl (C=O) groups is 1. The average Bonchev–Trinajstić information content (AvgIpc) is 3.33. The lowest BCUT2D eigenvalue weighted by molar-refractivity contribution is 0.0951. The van der Waals surface area contributed by atoms with Gasteiger partial charge in [-0.1, -0.05) is 19.9 Å². The predicted molar refractivity (Wildman–Crippen MR) is 85.5 cm³/mol. The molecule has 0 spiro atoms. The lowest BCUT2D eigenvalue weighted by Gasteiger charge is -2.30. The first-order chi connectivity index (χ1) is 10.1. The maximum Gasteiger partial charge on any atom is 0.251 e. The minimum absolute atomic E-state index is 0.000513. The number of anilines is 1. The third-order valence-electron chi connectivity index (χ3n) is 4.54. The molecule has 1 aromatic rings. The molecule has 3 N–H and O–H groups in total. The molecule has 4 nitrogen and oxygen atoms in total. The van der Waals surface area contributed by atoms with Gasteiger partial charge in [0.05, 0.1) is 6.61 Å². The Labute approximate surface area is 126 Å². The fourth-order valence-electron chi connectivity index (χ4n) is 2.34. The Morgan fingerprint density at radius 3 is 2.62 bits per heavy atom. The van der Waals surface area contributed by atoms with E-state index in [1.54, 1.807) is 0 Å². The predicted octanol–water partition coefficient (Wildman–Crippen LogP) is 2.79. The van der Waals surface area contributed by atoms with Crippen molar-refractivity contribution in [3.05, 3.63) is 29.8 Å². The lowest BCUT2D eigenvalue weighted by Crippen LogP contribution is -2.32. The van der Waals surface area contributed by atoms with Crippen molar-refractivity contribution in [2.24, 2.45) is 5.41 Å². The van der Waals surface area contributed by atoms with Crippen LogP contribution in [0.4, 0.5) is 5.69 Å². The maximum atomic E-state index is 12.0. The number of benzene rings is 1. The summed E-state index contributed by atoms with van der Waals surface area (Å²) in [7, 11) is 0. The van der Waals surface area contributed by atoms with E-state index in [0.717, 1.165) is 31.4 Å². The second kappa shape index (κ2) is 6.94. The van der Waals surface area contributed by atoms with Crippen LogP contribution in [0.3, 0.4) is 0 Å². The average molecular weight is 290 g/mol. The Morgan fingerprint density at radius 1 is 1.33 bits per heavy atom. The molecule has 0 bridgehead atoms. The summed E-state index contributed by atoms with van der Waals surface area (Å²) in [6.45, 7) is 5.08. The zero-order valence-corrected chi connectivity index (χ0v) is 13.0. The van der Waals surface area contributed by atoms with Gasteiger partial charge in [0.2, 0.25) is 0 Å². The molecule has 2 rings (SSSR count). The van der Waals surface area contributed by atoms with Crippen LogP contribution >= 0.6 is 0 Å². The van der Waals surface area contributed by atoms with Gasteiger partial charge < -0.3 is 15.7 Å². The summed E-state index contributed by atoms with van der Waals surface area (Å²) in [4.78, 5) is 12.0. The van der Waals surface area contributed by atoms with Crippen LogP contribution in [0.15, 0.2) is 24.3 Å². The minimum atomic E-state index is -0.0910. The largest absolute Gasteiger partial charge is 0.396 e. The van der Waals surface area contributed by atoms with Gasteiger partial charge in [-0.05, 0) is 43.9 Å². The highest BCUT2D eigenvalue weighted by atomic mass is 16.3. The van der Waals surface area contributed by atoms with Crippen molar-refractivity contribution < 1.29 is 9.90 Å². The van der Waals surface area contributed by atoms with Gasteiger partial charge in [-0.15, -0.1) is 0 Å². The van der Waals surface area contributed by atoms with Crippen LogP contribution in [-0.4, -0.2) is 30.2 Å². The van der Waals surface area contributed by atoms with Gasteiger partial charge in [0.25, 0.3) is 5.91 Å². The number of hydrogen-bond acceptors (Lipinski definition) is 3. The zero-order chi connectivity index (χ0) is 15.3. The van der Waals surface area contributed by atoms with E-state index >= 15 is 0 Å². The number of carbonyl (C=O) groups excluding carboxylic acids is 1. The zero-order valence-electron chi connectivity index (χ0n) is 13.0. The summed E-state index contributed by atoms with van der Waals surface area (Å²) in [6.07, 6.45) is 4.04. The quantitative estimate of drug-likeness (QED) is 0.690. The number of amides is 1. The SMILES string of the molecule is CCC(CC)(CO)CNc1cccc(C(=O)NC2CC2)c1. The molecular weight excluding hydrogens is 264 g/mol. The fraction of sp³-hybridized carbons (Fsp3) is 0.588. The van der Waals surface area contributed by atoms with Crippen LogP contribution in [0.2, 0.25) is 0 Å². The van der Waals surface area contributed by atoms with Gasteiger partial charge >= 0.3 is 0 Å². The van der Waals surface area contributed by atoms with Crippen LogP contribution in [0.5, 0.6) is 0 Å². The Kier molecular flexibility index (Phi) is 5.23. The normalized spacial score (nSPS) is 14.8. The van der Waals surface area contributed by atoms with Gasteiger partial charge in [0.15, 0.2) is 0 Å². The number of aliphatic hydroxyl groups excluding tert-OH is 1. The van der Waals surface area contributed by atoms with Gasteiger partial charge in [0, 0.05) is 29.3 Å². The molecule has 1 aromatic carbocycles. The fourth-order valence-corrected chi connectivity index (χ4v) is 2.34. The van der Waals surface area contributed by atoms with Crippen molar-refractivity contribution in [2.75, 3.05) is 18.5 Å². The molecule has 1 saturated carbocycles. The van der Waals surface area contributed by atoms with Crippen LogP contribution < -0.4 is 10.6 Å². The smallest absolute Gasteiger partial charge is 0.251 e. The van der Waals surface area contributed by atoms with E-state index in [4.69, 9.17) is 0 Å². The van der Waals surface area contributed by atoms with E-state index in [9.17, 15) is 9.90 Å². The number of rotatable bonds is 8. The Bertz CT molecular complexity index is 471. The van der Waals surface area contributed by atoms with Gasteiger partial charge in [-0.3, -0.25) is 4.79 Å². The molecule has 1 aliphatic carbocycles. The van der Waals surface area contributed by atoms with Crippen LogP contribution in [0, 0.1) is 5.41 Å². The van der Waals surface area contributed by atoms with E-state index in [0.29, 0.717) is 18.2 Å². The molecule has 21 heavy (non-hydrogen) atoms. The van der Waals surface area contributed by atoms with Crippen molar-refractivity contribution in [1.82, 2.24) is 5.32 Å². The van der Waals surface area contributed by atoms with Crippen molar-refractivity contribution in [2.45, 2.75) is 45.6 Å². The molecule has 0 aromatic heterocycles. The summed E-state index contributed by atoms with van der Waals surface area (Å²) >= 11 is 0. The van der Waals surface area contributed by atoms with Crippen LogP contribution in [0.1, 0.15) is 49.9 Å². The number of nitrogens with one attached hydrogen (secondary N) is 2. The lowest BCUT2D eigenvalue weighted by atomic mass is 9.83. The van der Waals surface area contributed by atoms with Crippen molar-refractivity contribution in [3.8, 4) is 0 Å². The molecule has 1 aliphatic rings. The highest BCUT2D eigenvalue weighted by Gasteiger charge is 2.25. The monoisotopic (exact) mass is 290 g/mol. The molecule has 0 unspecified atom stereocenters. The minimum Gasteiger partial charge on any atom is -0.396 e. The van der Waals surface area contributed by atoms with Gasteiger partial charge in [-0.25, -0.2) is 0 Å². The summed E-state index contributed by atoms with van der Waals surface area (Å²) in [5.74, 6) is 0.000513. The highest BCUT2D eigenvalue weighted by molar-refractivity contribution is 5.95. The first kappa shape index (κ1) is 15.8. The van der Waals surface area contributed by atoms with E-state index in [-0.39, 0.29) is 17.9 Å². The van der Waals surface area contributed by atoms with Crippen molar-refractivity contribution in [3.63, 3.8) is 0 Å². The second-order valence-electron chi connectivity index (χ2n) is 6.05. The third-order valence-corrected chi connectivity index (χ3v) is 4.54. The number of aliphatic hydroxyl groups is 1. The standard InChI is InChI=1S/C17H26N2O2/c1-3-17(4-2,12-20)11-18-15-7-5-6-13(10-15)16(21)19-14-8-9-14/h5-7,10,14,18,20H,3-4,8-9,11-12H2,1-2H3,(H,19,21). The molecule has 0 saturated heterocycles. The van der Waals surface area contributed by atoms with Gasteiger partial charge in [0.1, 0.15) is 0 Å².